The Labute approximate surface area is 221 Å². The lowest BCUT2D eigenvalue weighted by Gasteiger charge is -2.26. The molecule has 0 saturated carbocycles. The molecule has 0 spiro atoms. The summed E-state index contributed by atoms with van der Waals surface area (Å²) in [5, 5.41) is 9.66. The van der Waals surface area contributed by atoms with E-state index in [0.717, 1.165) is 28.1 Å². The number of hydrogen-bond acceptors (Lipinski definition) is 6. The molecule has 1 aliphatic heterocycles. The van der Waals surface area contributed by atoms with Crippen LogP contribution < -0.4 is 20.7 Å². The molecule has 37 heavy (non-hydrogen) atoms. The highest BCUT2D eigenvalue weighted by atomic mass is 32.2. The van der Waals surface area contributed by atoms with Gasteiger partial charge in [-0.05, 0) is 62.2 Å². The Kier molecular flexibility index (Phi) is 8.30. The van der Waals surface area contributed by atoms with Crippen molar-refractivity contribution in [1.29, 1.82) is 0 Å². The van der Waals surface area contributed by atoms with Gasteiger partial charge in [-0.2, -0.15) is 0 Å². The van der Waals surface area contributed by atoms with Crippen LogP contribution in [0.3, 0.4) is 0 Å². The molecule has 1 aliphatic rings. The largest absolute Gasteiger partial charge is 0.496 e. The van der Waals surface area contributed by atoms with E-state index in [1.807, 2.05) is 93.6 Å². The van der Waals surface area contributed by atoms with Gasteiger partial charge in [-0.15, -0.1) is 0 Å². The molecule has 2 amide bonds. The molecule has 8 heteroatoms. The summed E-state index contributed by atoms with van der Waals surface area (Å²) in [7, 11) is 1.62. The first kappa shape index (κ1) is 26.0. The highest BCUT2D eigenvalue weighted by molar-refractivity contribution is 8.14. The molecular weight excluding hydrogens is 484 g/mol. The Balaban J connectivity index is 1.57. The predicted molar refractivity (Wildman–Crippen MR) is 151 cm³/mol. The van der Waals surface area contributed by atoms with E-state index in [1.54, 1.807) is 7.11 Å². The van der Waals surface area contributed by atoms with E-state index in [0.29, 0.717) is 22.1 Å². The summed E-state index contributed by atoms with van der Waals surface area (Å²) in [5.74, 6) is 0.507. The lowest BCUT2D eigenvalue weighted by molar-refractivity contribution is -0.114. The highest BCUT2D eigenvalue weighted by Gasteiger charge is 2.30. The summed E-state index contributed by atoms with van der Waals surface area (Å²) in [6.07, 6.45) is 0. The van der Waals surface area contributed by atoms with Crippen molar-refractivity contribution in [3.8, 4) is 5.75 Å². The van der Waals surface area contributed by atoms with E-state index in [-0.39, 0.29) is 17.6 Å². The first-order valence-corrected chi connectivity index (χ1v) is 12.9. The summed E-state index contributed by atoms with van der Waals surface area (Å²) in [6.45, 7) is 5.81. The fraction of sp³-hybridized carbons (Fsp3) is 0.207. The van der Waals surface area contributed by atoms with E-state index < -0.39 is 6.04 Å². The third kappa shape index (κ3) is 6.59. The maximum Gasteiger partial charge on any atom is 0.255 e. The molecular formula is C29H30N4O3S. The minimum Gasteiger partial charge on any atom is -0.496 e. The number of ether oxygens (including phenoxy) is 1. The van der Waals surface area contributed by atoms with Crippen molar-refractivity contribution in [2.24, 2.45) is 4.99 Å². The zero-order valence-corrected chi connectivity index (χ0v) is 22.1. The molecule has 0 aromatic heterocycles. The predicted octanol–water partition coefficient (Wildman–Crippen LogP) is 5.60. The second-order valence-corrected chi connectivity index (χ2v) is 9.72. The number of aliphatic imine (C=N–C) groups is 1. The number of carbonyl (C=O) groups excluding carboxylic acids is 2. The van der Waals surface area contributed by atoms with Crippen molar-refractivity contribution in [2.45, 2.75) is 26.8 Å². The molecule has 3 N–H and O–H groups in total. The fourth-order valence-electron chi connectivity index (χ4n) is 3.95. The van der Waals surface area contributed by atoms with Crippen LogP contribution in [0.15, 0.2) is 89.1 Å². The Hall–Kier alpha value is -4.04. The molecule has 0 radical (unpaired) electrons. The maximum absolute atomic E-state index is 13.4. The van der Waals surface area contributed by atoms with Crippen LogP contribution in [0.4, 0.5) is 11.4 Å². The average Bonchev–Trinajstić information content (AvgIpc) is 2.89. The Bertz CT molecular complexity index is 1350. The van der Waals surface area contributed by atoms with E-state index >= 15 is 0 Å². The van der Waals surface area contributed by atoms with Gasteiger partial charge in [0.1, 0.15) is 11.8 Å². The molecule has 1 atom stereocenters. The van der Waals surface area contributed by atoms with Gasteiger partial charge in [0.05, 0.1) is 18.4 Å². The van der Waals surface area contributed by atoms with E-state index in [4.69, 9.17) is 9.73 Å². The number of aryl methyl sites for hydroxylation is 2. The van der Waals surface area contributed by atoms with Gasteiger partial charge in [-0.3, -0.25) is 9.59 Å². The third-order valence-electron chi connectivity index (χ3n) is 5.92. The average molecular weight is 515 g/mol. The van der Waals surface area contributed by atoms with Crippen LogP contribution in [0.25, 0.3) is 0 Å². The van der Waals surface area contributed by atoms with Crippen LogP contribution in [-0.4, -0.2) is 29.8 Å². The molecule has 0 unspecified atom stereocenters. The molecule has 7 nitrogen and oxygen atoms in total. The second-order valence-electron chi connectivity index (χ2n) is 8.75. The number of benzene rings is 3. The number of carbonyl (C=O) groups is 2. The number of amides is 2. The summed E-state index contributed by atoms with van der Waals surface area (Å²) >= 11 is 1.29. The van der Waals surface area contributed by atoms with Crippen LogP contribution in [0.2, 0.25) is 0 Å². The number of nitrogens with one attached hydrogen (secondary N) is 3. The first-order chi connectivity index (χ1) is 17.8. The van der Waals surface area contributed by atoms with E-state index in [9.17, 15) is 9.59 Å². The molecule has 190 valence electrons. The van der Waals surface area contributed by atoms with Gasteiger partial charge >= 0.3 is 0 Å². The minimum atomic E-state index is -0.567. The SMILES string of the molecule is COc1cc([C@H]2N=C(SCC(=O)Nc3ccc(C)cc3)NC(C)=C2C(=O)Nc2ccccc2)ccc1C. The highest BCUT2D eigenvalue weighted by Crippen LogP contribution is 2.35. The van der Waals surface area contributed by atoms with Gasteiger partial charge in [-0.1, -0.05) is 59.8 Å². The number of anilines is 2. The van der Waals surface area contributed by atoms with Gasteiger partial charge in [0.25, 0.3) is 5.91 Å². The number of rotatable bonds is 7. The van der Waals surface area contributed by atoms with Crippen molar-refractivity contribution in [1.82, 2.24) is 5.32 Å². The summed E-state index contributed by atoms with van der Waals surface area (Å²) in [5.41, 5.74) is 5.56. The maximum atomic E-state index is 13.4. The Morgan fingerprint density at radius 1 is 0.946 bits per heavy atom. The van der Waals surface area contributed by atoms with Crippen molar-refractivity contribution in [3.05, 3.63) is 101 Å². The van der Waals surface area contributed by atoms with E-state index in [2.05, 4.69) is 16.0 Å². The van der Waals surface area contributed by atoms with Gasteiger partial charge in [0, 0.05) is 17.1 Å². The summed E-state index contributed by atoms with van der Waals surface area (Å²) in [6, 6.07) is 22.2. The van der Waals surface area contributed by atoms with Crippen LogP contribution in [-0.2, 0) is 9.59 Å². The van der Waals surface area contributed by atoms with Gasteiger partial charge in [0.15, 0.2) is 5.17 Å². The molecule has 0 saturated heterocycles. The third-order valence-corrected chi connectivity index (χ3v) is 6.81. The lowest BCUT2D eigenvalue weighted by atomic mass is 9.94. The quantitative estimate of drug-likeness (QED) is 0.382. The van der Waals surface area contributed by atoms with Crippen LogP contribution in [0.5, 0.6) is 5.75 Å². The smallest absolute Gasteiger partial charge is 0.255 e. The second kappa shape index (κ2) is 11.8. The first-order valence-electron chi connectivity index (χ1n) is 11.9. The Morgan fingerprint density at radius 2 is 1.65 bits per heavy atom. The number of hydrogen-bond donors (Lipinski definition) is 3. The zero-order chi connectivity index (χ0) is 26.4. The van der Waals surface area contributed by atoms with Crippen molar-refractivity contribution < 1.29 is 14.3 Å². The molecule has 4 rings (SSSR count). The van der Waals surface area contributed by atoms with Crippen molar-refractivity contribution in [2.75, 3.05) is 23.5 Å². The normalized spacial score (nSPS) is 14.9. The topological polar surface area (TPSA) is 91.8 Å². The van der Waals surface area contributed by atoms with Crippen molar-refractivity contribution >= 4 is 40.1 Å². The van der Waals surface area contributed by atoms with Gasteiger partial charge in [-0.25, -0.2) is 4.99 Å². The van der Waals surface area contributed by atoms with E-state index in [1.165, 1.54) is 11.8 Å². The number of nitrogens with zero attached hydrogens (tertiary/aromatic N) is 1. The molecule has 0 fully saturated rings. The standard InChI is InChI=1S/C29H30N4O3S/c1-18-10-14-23(15-11-18)31-25(34)17-37-29-30-20(3)26(28(35)32-22-8-6-5-7-9-22)27(33-29)21-13-12-19(2)24(16-21)36-4/h5-16,27H,17H2,1-4H3,(H,30,33)(H,31,34)(H,32,35)/t27-/m1/s1. The number of para-hydroxylation sites is 1. The monoisotopic (exact) mass is 514 g/mol. The van der Waals surface area contributed by atoms with Crippen LogP contribution >= 0.6 is 11.8 Å². The number of amidine groups is 1. The van der Waals surface area contributed by atoms with Crippen molar-refractivity contribution in [3.63, 3.8) is 0 Å². The Morgan fingerprint density at radius 3 is 2.35 bits per heavy atom. The number of methoxy groups -OCH3 is 1. The summed E-state index contributed by atoms with van der Waals surface area (Å²) in [4.78, 5) is 30.8. The number of allylic oxidation sites excluding steroid dienone is 1. The van der Waals surface area contributed by atoms with Crippen LogP contribution in [0.1, 0.15) is 29.7 Å². The summed E-state index contributed by atoms with van der Waals surface area (Å²) < 4.78 is 5.53. The van der Waals surface area contributed by atoms with Gasteiger partial charge in [0.2, 0.25) is 5.91 Å². The fourth-order valence-corrected chi connectivity index (χ4v) is 4.70. The van der Waals surface area contributed by atoms with Crippen LogP contribution in [0, 0.1) is 13.8 Å². The molecule has 3 aromatic rings. The van der Waals surface area contributed by atoms with Gasteiger partial charge < -0.3 is 20.7 Å². The number of thioether (sulfide) groups is 1. The molecule has 0 bridgehead atoms. The minimum absolute atomic E-state index is 0.138. The zero-order valence-electron chi connectivity index (χ0n) is 21.3. The molecule has 3 aromatic carbocycles. The molecule has 1 heterocycles. The lowest BCUT2D eigenvalue weighted by Crippen LogP contribution is -2.32. The molecule has 0 aliphatic carbocycles.